The van der Waals surface area contributed by atoms with Crippen LogP contribution in [0.15, 0.2) is 0 Å². The van der Waals surface area contributed by atoms with Gasteiger partial charge in [0.1, 0.15) is 6.10 Å². The van der Waals surface area contributed by atoms with Crippen molar-refractivity contribution in [1.29, 1.82) is 0 Å². The van der Waals surface area contributed by atoms with Gasteiger partial charge in [0, 0.05) is 19.8 Å². The third-order valence-corrected chi connectivity index (χ3v) is 6.83. The van der Waals surface area contributed by atoms with Crippen LogP contribution in [0.4, 0.5) is 0 Å². The van der Waals surface area contributed by atoms with E-state index in [9.17, 15) is 0 Å². The molecular formula is C17H36O4Si. The summed E-state index contributed by atoms with van der Waals surface area (Å²) in [6, 6.07) is 1.02. The molecule has 0 aromatic rings. The van der Waals surface area contributed by atoms with Crippen LogP contribution in [0.2, 0.25) is 12.6 Å². The van der Waals surface area contributed by atoms with Gasteiger partial charge in [0.05, 0.1) is 13.2 Å². The van der Waals surface area contributed by atoms with Gasteiger partial charge in [0.25, 0.3) is 0 Å². The van der Waals surface area contributed by atoms with Crippen LogP contribution in [-0.2, 0) is 18.3 Å². The first-order chi connectivity index (χ1) is 10.7. The quantitative estimate of drug-likeness (QED) is 0.240. The molecule has 1 atom stereocenters. The topological polar surface area (TPSA) is 40.2 Å². The zero-order valence-electron chi connectivity index (χ0n) is 14.9. The summed E-state index contributed by atoms with van der Waals surface area (Å²) in [7, 11) is -2.02. The smallest absolute Gasteiger partial charge is 0.335 e. The number of rotatable bonds is 16. The minimum absolute atomic E-state index is 0.360. The Kier molecular flexibility index (Phi) is 11.4. The van der Waals surface area contributed by atoms with Crippen molar-refractivity contribution in [3.8, 4) is 0 Å². The molecule has 0 N–H and O–H groups in total. The van der Waals surface area contributed by atoms with E-state index < -0.39 is 8.56 Å². The average molecular weight is 333 g/mol. The van der Waals surface area contributed by atoms with Gasteiger partial charge < -0.3 is 18.3 Å². The van der Waals surface area contributed by atoms with Crippen LogP contribution in [-0.4, -0.2) is 47.7 Å². The maximum Gasteiger partial charge on any atom is 0.335 e. The minimum atomic E-state index is -2.02. The summed E-state index contributed by atoms with van der Waals surface area (Å²) in [6.45, 7) is 10.8. The normalized spacial score (nSPS) is 17.9. The maximum absolute atomic E-state index is 6.19. The van der Waals surface area contributed by atoms with Crippen LogP contribution in [0.3, 0.4) is 0 Å². The van der Waals surface area contributed by atoms with E-state index in [4.69, 9.17) is 18.3 Å². The second kappa shape index (κ2) is 12.5. The van der Waals surface area contributed by atoms with E-state index in [1.165, 1.54) is 25.7 Å². The molecule has 1 unspecified atom stereocenters. The molecule has 0 aromatic carbocycles. The minimum Gasteiger partial charge on any atom is -0.394 e. The van der Waals surface area contributed by atoms with Gasteiger partial charge in [-0.3, -0.25) is 0 Å². The van der Waals surface area contributed by atoms with E-state index in [-0.39, 0.29) is 0 Å². The van der Waals surface area contributed by atoms with Crippen molar-refractivity contribution >= 4 is 8.56 Å². The second-order valence-corrected chi connectivity index (χ2v) is 9.72. The summed E-state index contributed by atoms with van der Waals surface area (Å²) < 4.78 is 23.1. The monoisotopic (exact) mass is 332 g/mol. The van der Waals surface area contributed by atoms with Crippen molar-refractivity contribution < 1.29 is 18.3 Å². The molecule has 1 rings (SSSR count). The highest BCUT2D eigenvalue weighted by Crippen LogP contribution is 2.18. The Balaban J connectivity index is 2.17. The zero-order chi connectivity index (χ0) is 16.1. The number of epoxide rings is 1. The predicted octanol–water partition coefficient (Wildman–Crippen LogP) is 4.28. The van der Waals surface area contributed by atoms with Gasteiger partial charge in [-0.05, 0) is 31.9 Å². The molecule has 1 heterocycles. The van der Waals surface area contributed by atoms with Crippen molar-refractivity contribution in [2.45, 2.75) is 77.5 Å². The molecule has 5 heteroatoms. The molecule has 0 aromatic heterocycles. The molecule has 0 radical (unpaired) electrons. The van der Waals surface area contributed by atoms with Crippen molar-refractivity contribution in [2.24, 2.45) is 0 Å². The van der Waals surface area contributed by atoms with E-state index in [0.29, 0.717) is 6.10 Å². The van der Waals surface area contributed by atoms with Crippen LogP contribution in [0, 0.1) is 0 Å². The number of unbranched alkanes of at least 4 members (excludes halogenated alkanes) is 4. The van der Waals surface area contributed by atoms with Gasteiger partial charge in [0.2, 0.25) is 0 Å². The Morgan fingerprint density at radius 2 is 1.50 bits per heavy atom. The summed E-state index contributed by atoms with van der Waals surface area (Å²) in [5.41, 5.74) is 0. The summed E-state index contributed by atoms with van der Waals surface area (Å²) >= 11 is 0. The first-order valence-electron chi connectivity index (χ1n) is 9.17. The Labute approximate surface area is 138 Å². The molecule has 0 amide bonds. The fraction of sp³-hybridized carbons (Fsp3) is 1.00. The number of hydrogen-bond donors (Lipinski definition) is 0. The highest BCUT2D eigenvalue weighted by Gasteiger charge is 2.31. The molecule has 0 bridgehead atoms. The number of ether oxygens (including phenoxy) is 2. The highest BCUT2D eigenvalue weighted by atomic mass is 28.4. The summed E-state index contributed by atoms with van der Waals surface area (Å²) in [4.78, 5) is 0. The molecule has 22 heavy (non-hydrogen) atoms. The van der Waals surface area contributed by atoms with Crippen molar-refractivity contribution in [3.05, 3.63) is 0 Å². The third kappa shape index (κ3) is 10.7. The van der Waals surface area contributed by atoms with E-state index in [1.54, 1.807) is 0 Å². The predicted molar refractivity (Wildman–Crippen MR) is 92.6 cm³/mol. The van der Waals surface area contributed by atoms with Gasteiger partial charge in [-0.2, -0.15) is 0 Å². The lowest BCUT2D eigenvalue weighted by Crippen LogP contribution is -2.39. The third-order valence-electron chi connectivity index (χ3n) is 3.94. The van der Waals surface area contributed by atoms with Gasteiger partial charge >= 0.3 is 8.56 Å². The summed E-state index contributed by atoms with van der Waals surface area (Å²) in [5, 5.41) is 0. The molecule has 4 nitrogen and oxygen atoms in total. The van der Waals surface area contributed by atoms with Crippen LogP contribution in [0.1, 0.15) is 58.8 Å². The van der Waals surface area contributed by atoms with Gasteiger partial charge in [-0.25, -0.2) is 0 Å². The van der Waals surface area contributed by atoms with Crippen molar-refractivity contribution in [1.82, 2.24) is 0 Å². The van der Waals surface area contributed by atoms with Crippen LogP contribution in [0.25, 0.3) is 0 Å². The SMILES string of the molecule is CCCCCO[Si](C)(CCCOCC1CO1)OCCCCC. The summed E-state index contributed by atoms with van der Waals surface area (Å²) in [6.07, 6.45) is 8.62. The largest absolute Gasteiger partial charge is 0.394 e. The molecule has 1 fully saturated rings. The van der Waals surface area contributed by atoms with Gasteiger partial charge in [0.15, 0.2) is 0 Å². The van der Waals surface area contributed by atoms with Crippen LogP contribution < -0.4 is 0 Å². The maximum atomic E-state index is 6.19. The Morgan fingerprint density at radius 3 is 2.00 bits per heavy atom. The molecule has 1 saturated heterocycles. The molecule has 0 saturated carbocycles. The molecule has 132 valence electrons. The molecule has 1 aliphatic heterocycles. The number of hydrogen-bond acceptors (Lipinski definition) is 4. The van der Waals surface area contributed by atoms with Crippen molar-refractivity contribution in [3.63, 3.8) is 0 Å². The van der Waals surface area contributed by atoms with Gasteiger partial charge in [-0.1, -0.05) is 39.5 Å². The zero-order valence-corrected chi connectivity index (χ0v) is 15.9. The van der Waals surface area contributed by atoms with E-state index in [1.807, 2.05) is 0 Å². The van der Waals surface area contributed by atoms with Gasteiger partial charge in [-0.15, -0.1) is 0 Å². The van der Waals surface area contributed by atoms with E-state index in [2.05, 4.69) is 20.4 Å². The Bertz CT molecular complexity index is 247. The molecule has 1 aliphatic rings. The Hall–Kier alpha value is 0.0569. The molecule has 0 spiro atoms. The highest BCUT2D eigenvalue weighted by molar-refractivity contribution is 6.66. The van der Waals surface area contributed by atoms with E-state index in [0.717, 1.165) is 58.3 Å². The van der Waals surface area contributed by atoms with E-state index >= 15 is 0 Å². The standard InChI is InChI=1S/C17H36O4Si/c1-4-6-8-12-20-22(3,21-13-9-7-5-2)14-10-11-18-15-17-16-19-17/h17H,4-16H2,1-3H3. The lowest BCUT2D eigenvalue weighted by atomic mass is 10.3. The van der Waals surface area contributed by atoms with Crippen LogP contribution >= 0.6 is 0 Å². The van der Waals surface area contributed by atoms with Crippen molar-refractivity contribution in [2.75, 3.05) is 33.0 Å². The fourth-order valence-corrected chi connectivity index (χ4v) is 4.65. The average Bonchev–Trinajstić information content (AvgIpc) is 3.32. The lowest BCUT2D eigenvalue weighted by Gasteiger charge is -2.27. The second-order valence-electron chi connectivity index (χ2n) is 6.38. The molecular weight excluding hydrogens is 296 g/mol. The first kappa shape index (κ1) is 20.1. The molecule has 0 aliphatic carbocycles. The summed E-state index contributed by atoms with van der Waals surface area (Å²) in [5.74, 6) is 0. The van der Waals surface area contributed by atoms with Crippen LogP contribution in [0.5, 0.6) is 0 Å². The lowest BCUT2D eigenvalue weighted by molar-refractivity contribution is 0.112. The first-order valence-corrected chi connectivity index (χ1v) is 11.7. The Morgan fingerprint density at radius 1 is 0.909 bits per heavy atom. The fourth-order valence-electron chi connectivity index (χ4n) is 2.34.